The summed E-state index contributed by atoms with van der Waals surface area (Å²) in [6, 6.07) is 9.16. The number of unbranched alkanes of at least 4 members (excludes halogenated alkanes) is 2. The van der Waals surface area contributed by atoms with Crippen LogP contribution in [-0.4, -0.2) is 5.78 Å². The molecule has 1 nitrogen and oxygen atoms in total. The van der Waals surface area contributed by atoms with E-state index in [1.807, 2.05) is 18.2 Å². The molecule has 0 unspecified atom stereocenters. The number of benzene rings is 1. The van der Waals surface area contributed by atoms with E-state index < -0.39 is 0 Å². The lowest BCUT2D eigenvalue weighted by molar-refractivity contribution is 0.105. The predicted molar refractivity (Wildman–Crippen MR) is 58.1 cm³/mol. The minimum absolute atomic E-state index is 0.0818. The summed E-state index contributed by atoms with van der Waals surface area (Å²) in [5.41, 5.74) is 0.677. The summed E-state index contributed by atoms with van der Waals surface area (Å²) < 4.78 is 0. The zero-order valence-electron chi connectivity index (χ0n) is 8.42. The van der Waals surface area contributed by atoms with Crippen molar-refractivity contribution in [3.05, 3.63) is 35.9 Å². The second-order valence-corrected chi connectivity index (χ2v) is 3.10. The van der Waals surface area contributed by atoms with E-state index >= 15 is 0 Å². The number of Topliss-reactive ketones (excluding diaryl/α,β-unsaturated/α-hetero) is 1. The van der Waals surface area contributed by atoms with Gasteiger partial charge in [0.05, 0.1) is 0 Å². The van der Waals surface area contributed by atoms with Crippen LogP contribution in [0.25, 0.3) is 0 Å². The van der Waals surface area contributed by atoms with Crippen LogP contribution in [0.5, 0.6) is 0 Å². The van der Waals surface area contributed by atoms with Gasteiger partial charge in [0.25, 0.3) is 0 Å². The van der Waals surface area contributed by atoms with Crippen LogP contribution in [0, 0.1) is 11.8 Å². The maximum Gasteiger partial charge on any atom is 0.235 e. The fraction of sp³-hybridized carbons (Fsp3) is 0.308. The molecule has 1 aromatic carbocycles. The van der Waals surface area contributed by atoms with E-state index in [1.165, 1.54) is 0 Å². The third-order valence-electron chi connectivity index (χ3n) is 1.89. The Morgan fingerprint density at radius 2 is 2.00 bits per heavy atom. The monoisotopic (exact) mass is 186 g/mol. The van der Waals surface area contributed by atoms with E-state index in [4.69, 9.17) is 0 Å². The summed E-state index contributed by atoms with van der Waals surface area (Å²) in [7, 11) is 0. The molecule has 0 aliphatic rings. The molecule has 0 spiro atoms. The summed E-state index contributed by atoms with van der Waals surface area (Å²) in [4.78, 5) is 11.4. The van der Waals surface area contributed by atoms with Crippen molar-refractivity contribution in [3.63, 3.8) is 0 Å². The molecule has 14 heavy (non-hydrogen) atoms. The molecular weight excluding hydrogens is 172 g/mol. The summed E-state index contributed by atoms with van der Waals surface area (Å²) >= 11 is 0. The molecule has 0 aromatic heterocycles. The van der Waals surface area contributed by atoms with Gasteiger partial charge in [-0.25, -0.2) is 0 Å². The molecule has 0 N–H and O–H groups in total. The van der Waals surface area contributed by atoms with Gasteiger partial charge in [0.2, 0.25) is 5.78 Å². The number of hydrogen-bond donors (Lipinski definition) is 0. The Morgan fingerprint density at radius 1 is 1.29 bits per heavy atom. The van der Waals surface area contributed by atoms with Gasteiger partial charge in [0.1, 0.15) is 0 Å². The lowest BCUT2D eigenvalue weighted by Gasteiger charge is -1.90. The molecule has 0 heterocycles. The third kappa shape index (κ3) is 3.45. The van der Waals surface area contributed by atoms with Gasteiger partial charge in [0, 0.05) is 12.0 Å². The van der Waals surface area contributed by atoms with Gasteiger partial charge in [-0.2, -0.15) is 0 Å². The lowest BCUT2D eigenvalue weighted by atomic mass is 10.1. The van der Waals surface area contributed by atoms with Crippen molar-refractivity contribution in [2.24, 2.45) is 0 Å². The zero-order chi connectivity index (χ0) is 10.2. The van der Waals surface area contributed by atoms with Crippen LogP contribution in [0.1, 0.15) is 36.5 Å². The molecule has 0 radical (unpaired) electrons. The van der Waals surface area contributed by atoms with Gasteiger partial charge in [-0.1, -0.05) is 49.6 Å². The SMILES string of the molecule is CCCCC#CC(=O)c1ccccc1. The van der Waals surface area contributed by atoms with Gasteiger partial charge in [-0.15, -0.1) is 0 Å². The summed E-state index contributed by atoms with van der Waals surface area (Å²) in [6.45, 7) is 2.11. The largest absolute Gasteiger partial charge is 0.279 e. The molecule has 0 aliphatic carbocycles. The Hall–Kier alpha value is -1.55. The number of hydrogen-bond acceptors (Lipinski definition) is 1. The van der Waals surface area contributed by atoms with Crippen LogP contribution < -0.4 is 0 Å². The van der Waals surface area contributed by atoms with E-state index in [0.717, 1.165) is 19.3 Å². The smallest absolute Gasteiger partial charge is 0.235 e. The average Bonchev–Trinajstić information content (AvgIpc) is 2.25. The highest BCUT2D eigenvalue weighted by atomic mass is 16.1. The van der Waals surface area contributed by atoms with Crippen LogP contribution in [0.4, 0.5) is 0 Å². The molecular formula is C13H14O. The Kier molecular flexibility index (Phi) is 4.50. The van der Waals surface area contributed by atoms with Gasteiger partial charge in [-0.05, 0) is 12.3 Å². The normalized spacial score (nSPS) is 8.93. The first kappa shape index (κ1) is 10.5. The molecule has 0 atom stereocenters. The minimum atomic E-state index is -0.0818. The highest BCUT2D eigenvalue weighted by molar-refractivity contribution is 6.08. The average molecular weight is 186 g/mol. The standard InChI is InChI=1S/C13H14O/c1-2-3-4-8-11-13(14)12-9-6-5-7-10-12/h5-7,9-10H,2-4H2,1H3. The van der Waals surface area contributed by atoms with E-state index in [2.05, 4.69) is 18.8 Å². The Morgan fingerprint density at radius 3 is 2.64 bits per heavy atom. The second kappa shape index (κ2) is 5.99. The first-order valence-electron chi connectivity index (χ1n) is 4.93. The Balaban J connectivity index is 2.53. The first-order valence-corrected chi connectivity index (χ1v) is 4.93. The topological polar surface area (TPSA) is 17.1 Å². The van der Waals surface area contributed by atoms with Crippen molar-refractivity contribution in [1.29, 1.82) is 0 Å². The molecule has 0 bridgehead atoms. The van der Waals surface area contributed by atoms with Crippen molar-refractivity contribution in [2.75, 3.05) is 0 Å². The fourth-order valence-corrected chi connectivity index (χ4v) is 1.07. The van der Waals surface area contributed by atoms with Gasteiger partial charge in [0.15, 0.2) is 0 Å². The molecule has 0 aliphatic heterocycles. The summed E-state index contributed by atoms with van der Waals surface area (Å²) in [6.07, 6.45) is 3.00. The molecule has 1 heteroatoms. The molecule has 0 saturated heterocycles. The van der Waals surface area contributed by atoms with Crippen LogP contribution in [0.15, 0.2) is 30.3 Å². The molecule has 1 aromatic rings. The number of carbonyl (C=O) groups excluding carboxylic acids is 1. The van der Waals surface area contributed by atoms with Crippen LogP contribution >= 0.6 is 0 Å². The van der Waals surface area contributed by atoms with E-state index in [0.29, 0.717) is 5.56 Å². The number of carbonyl (C=O) groups is 1. The van der Waals surface area contributed by atoms with Gasteiger partial charge >= 0.3 is 0 Å². The van der Waals surface area contributed by atoms with Crippen molar-refractivity contribution >= 4 is 5.78 Å². The van der Waals surface area contributed by atoms with Crippen LogP contribution in [-0.2, 0) is 0 Å². The predicted octanol–water partition coefficient (Wildman–Crippen LogP) is 3.06. The van der Waals surface area contributed by atoms with Crippen molar-refractivity contribution in [3.8, 4) is 11.8 Å². The zero-order valence-corrected chi connectivity index (χ0v) is 8.42. The van der Waals surface area contributed by atoms with E-state index in [9.17, 15) is 4.79 Å². The van der Waals surface area contributed by atoms with Crippen molar-refractivity contribution in [2.45, 2.75) is 26.2 Å². The van der Waals surface area contributed by atoms with Crippen molar-refractivity contribution < 1.29 is 4.79 Å². The molecule has 0 fully saturated rings. The highest BCUT2D eigenvalue weighted by Crippen LogP contribution is 1.99. The maximum absolute atomic E-state index is 11.4. The van der Waals surface area contributed by atoms with E-state index in [-0.39, 0.29) is 5.78 Å². The molecule has 0 saturated carbocycles. The van der Waals surface area contributed by atoms with Crippen molar-refractivity contribution in [1.82, 2.24) is 0 Å². The van der Waals surface area contributed by atoms with Crippen LogP contribution in [0.3, 0.4) is 0 Å². The third-order valence-corrected chi connectivity index (χ3v) is 1.89. The highest BCUT2D eigenvalue weighted by Gasteiger charge is 1.98. The second-order valence-electron chi connectivity index (χ2n) is 3.10. The van der Waals surface area contributed by atoms with Crippen LogP contribution in [0.2, 0.25) is 0 Å². The summed E-state index contributed by atoms with van der Waals surface area (Å²) in [5.74, 6) is 5.45. The number of rotatable bonds is 3. The lowest BCUT2D eigenvalue weighted by Crippen LogP contribution is -1.93. The molecule has 0 amide bonds. The maximum atomic E-state index is 11.4. The van der Waals surface area contributed by atoms with Gasteiger partial charge in [-0.3, -0.25) is 4.79 Å². The molecule has 1 rings (SSSR count). The first-order chi connectivity index (χ1) is 6.84. The Labute approximate surface area is 85.1 Å². The molecule has 72 valence electrons. The van der Waals surface area contributed by atoms with Gasteiger partial charge < -0.3 is 0 Å². The number of ketones is 1. The minimum Gasteiger partial charge on any atom is -0.279 e. The van der Waals surface area contributed by atoms with E-state index in [1.54, 1.807) is 12.1 Å². The quantitative estimate of drug-likeness (QED) is 0.307. The summed E-state index contributed by atoms with van der Waals surface area (Å²) in [5, 5.41) is 0. The fourth-order valence-electron chi connectivity index (χ4n) is 1.07. The Bertz CT molecular complexity index is 340.